The molecule has 0 amide bonds. The third kappa shape index (κ3) is 34.0. The molecule has 0 aromatic carbocycles. The molecule has 0 saturated carbocycles. The maximum absolute atomic E-state index is 9.29. The van der Waals surface area contributed by atoms with Crippen LogP contribution in [0.4, 0.5) is 0 Å². The molecule has 0 aromatic rings. The molecule has 0 saturated heterocycles. The average molecular weight is 376 g/mol. The highest BCUT2D eigenvalue weighted by Crippen LogP contribution is 1.97. The van der Waals surface area contributed by atoms with Crippen LogP contribution in [-0.2, 0) is 19.1 Å². The normalized spacial score (nSPS) is 13.5. The maximum Gasteiger partial charge on any atom is 0.313 e. The summed E-state index contributed by atoms with van der Waals surface area (Å²) in [5.41, 5.74) is 0. The zero-order valence-electron chi connectivity index (χ0n) is 13.6. The lowest BCUT2D eigenvalue weighted by molar-refractivity contribution is -0.134. The molecular weight excluding hydrogens is 348 g/mol. The Balaban J connectivity index is -0.000000329. The van der Waals surface area contributed by atoms with Gasteiger partial charge >= 0.3 is 11.9 Å². The number of rotatable bonds is 9. The largest absolute Gasteiger partial charge is 0.481 e. The minimum atomic E-state index is -0.881. The van der Waals surface area contributed by atoms with Gasteiger partial charge in [-0.1, -0.05) is 0 Å². The first-order valence-corrected chi connectivity index (χ1v) is 8.04. The molecule has 0 bridgehead atoms. The average Bonchev–Trinajstić information content (AvgIpc) is 2.51. The number of aliphatic hydroxyl groups excluding tert-OH is 2. The summed E-state index contributed by atoms with van der Waals surface area (Å²) in [6.07, 6.45) is -0.654. The maximum atomic E-state index is 9.29. The van der Waals surface area contributed by atoms with E-state index in [-0.39, 0.29) is 30.3 Å². The lowest BCUT2D eigenvalue weighted by atomic mass is 10.4. The number of hydrogen-bond acceptors (Lipinski definition) is 8. The number of thiol groups is 2. The standard InChI is InChI=1S/C9H20O4.2C2H4O2S/c1-7(11)5-12-9(3)6-13-8(2)4-10;2*3-2(4)1-5/h7-11H,4-6H2,1-3H3;2*5H,1H2,(H,3,4). The van der Waals surface area contributed by atoms with Gasteiger partial charge in [-0.2, -0.15) is 25.3 Å². The zero-order valence-corrected chi connectivity index (χ0v) is 15.4. The lowest BCUT2D eigenvalue weighted by Gasteiger charge is -2.16. The molecule has 0 radical (unpaired) electrons. The van der Waals surface area contributed by atoms with Crippen molar-refractivity contribution >= 4 is 37.2 Å². The molecular formula is C13H28O8S2. The van der Waals surface area contributed by atoms with Crippen molar-refractivity contribution in [1.29, 1.82) is 0 Å². The smallest absolute Gasteiger partial charge is 0.313 e. The van der Waals surface area contributed by atoms with Crippen LogP contribution in [0, 0.1) is 0 Å². The molecule has 3 atom stereocenters. The van der Waals surface area contributed by atoms with E-state index in [0.717, 1.165) is 0 Å². The number of carboxylic acids is 2. The minimum absolute atomic E-state index is 0.0170. The van der Waals surface area contributed by atoms with Gasteiger partial charge < -0.3 is 29.9 Å². The fourth-order valence-corrected chi connectivity index (χ4v) is 0.704. The summed E-state index contributed by atoms with van der Waals surface area (Å²) in [5, 5.41) is 32.9. The Morgan fingerprint density at radius 3 is 1.52 bits per heavy atom. The van der Waals surface area contributed by atoms with Crippen LogP contribution in [0.25, 0.3) is 0 Å². The Kier molecular flexibility index (Phi) is 23.2. The van der Waals surface area contributed by atoms with Crippen LogP contribution < -0.4 is 0 Å². The van der Waals surface area contributed by atoms with Gasteiger partial charge in [0.2, 0.25) is 0 Å². The Morgan fingerprint density at radius 1 is 0.913 bits per heavy atom. The van der Waals surface area contributed by atoms with Crippen molar-refractivity contribution in [3.63, 3.8) is 0 Å². The Labute approximate surface area is 147 Å². The molecule has 0 aliphatic heterocycles. The molecule has 140 valence electrons. The molecule has 8 nitrogen and oxygen atoms in total. The zero-order chi connectivity index (χ0) is 18.8. The summed E-state index contributed by atoms with van der Waals surface area (Å²) in [7, 11) is 0. The molecule has 0 aliphatic carbocycles. The van der Waals surface area contributed by atoms with E-state index in [1.54, 1.807) is 13.8 Å². The Hall–Kier alpha value is -0.520. The molecule has 3 unspecified atom stereocenters. The van der Waals surface area contributed by atoms with E-state index in [1.165, 1.54) is 0 Å². The van der Waals surface area contributed by atoms with E-state index >= 15 is 0 Å². The molecule has 23 heavy (non-hydrogen) atoms. The summed E-state index contributed by atoms with van der Waals surface area (Å²) < 4.78 is 10.5. The van der Waals surface area contributed by atoms with Crippen LogP contribution in [-0.4, -0.2) is 82.0 Å². The van der Waals surface area contributed by atoms with Crippen LogP contribution in [0.2, 0.25) is 0 Å². The van der Waals surface area contributed by atoms with Gasteiger partial charge in [-0.05, 0) is 20.8 Å². The van der Waals surface area contributed by atoms with Gasteiger partial charge in [0, 0.05) is 0 Å². The molecule has 4 N–H and O–H groups in total. The van der Waals surface area contributed by atoms with Gasteiger partial charge in [0.25, 0.3) is 0 Å². The second-order valence-corrected chi connectivity index (χ2v) is 5.06. The van der Waals surface area contributed by atoms with Gasteiger partial charge in [0.15, 0.2) is 0 Å². The van der Waals surface area contributed by atoms with Crippen LogP contribution in [0.5, 0.6) is 0 Å². The molecule has 0 heterocycles. The number of aliphatic carboxylic acids is 2. The highest BCUT2D eigenvalue weighted by molar-refractivity contribution is 7.81. The molecule has 0 fully saturated rings. The summed E-state index contributed by atoms with van der Waals surface area (Å²) in [6.45, 7) is 6.10. The minimum Gasteiger partial charge on any atom is -0.481 e. The van der Waals surface area contributed by atoms with E-state index < -0.39 is 18.0 Å². The first kappa shape index (κ1) is 27.3. The van der Waals surface area contributed by atoms with Gasteiger partial charge in [-0.25, -0.2) is 0 Å². The van der Waals surface area contributed by atoms with Crippen molar-refractivity contribution in [3.05, 3.63) is 0 Å². The Bertz CT molecular complexity index is 275. The molecule has 0 rings (SSSR count). The third-order valence-electron chi connectivity index (χ3n) is 1.77. The number of ether oxygens (including phenoxy) is 2. The van der Waals surface area contributed by atoms with E-state index in [9.17, 15) is 9.59 Å². The highest BCUT2D eigenvalue weighted by atomic mass is 32.1. The topological polar surface area (TPSA) is 134 Å². The summed E-state index contributed by atoms with van der Waals surface area (Å²) in [4.78, 5) is 18.6. The van der Waals surface area contributed by atoms with Crippen molar-refractivity contribution in [2.24, 2.45) is 0 Å². The third-order valence-corrected chi connectivity index (χ3v) is 2.31. The predicted octanol–water partition coefficient (Wildman–Crippen LogP) is 0.171. The lowest BCUT2D eigenvalue weighted by Crippen LogP contribution is -2.24. The van der Waals surface area contributed by atoms with Crippen molar-refractivity contribution in [3.8, 4) is 0 Å². The summed E-state index contributed by atoms with van der Waals surface area (Å²) in [6, 6.07) is 0. The van der Waals surface area contributed by atoms with Crippen LogP contribution >= 0.6 is 25.3 Å². The second kappa shape index (κ2) is 19.5. The fraction of sp³-hybridized carbons (Fsp3) is 0.846. The van der Waals surface area contributed by atoms with Crippen LogP contribution in [0.3, 0.4) is 0 Å². The number of carbonyl (C=O) groups is 2. The van der Waals surface area contributed by atoms with Gasteiger partial charge in [-0.3, -0.25) is 9.59 Å². The molecule has 0 aliphatic rings. The van der Waals surface area contributed by atoms with Crippen molar-refractivity contribution in [2.75, 3.05) is 31.3 Å². The fourth-order valence-electron chi connectivity index (χ4n) is 0.704. The number of hydrogen-bond donors (Lipinski definition) is 6. The van der Waals surface area contributed by atoms with Crippen LogP contribution in [0.15, 0.2) is 0 Å². The SMILES string of the molecule is CC(O)COC(C)COC(C)CO.O=C(O)CS.O=C(O)CS. The van der Waals surface area contributed by atoms with Gasteiger partial charge in [-0.15, -0.1) is 0 Å². The highest BCUT2D eigenvalue weighted by Gasteiger charge is 2.06. The monoisotopic (exact) mass is 376 g/mol. The predicted molar refractivity (Wildman–Crippen MR) is 92.6 cm³/mol. The Morgan fingerprint density at radius 2 is 1.26 bits per heavy atom. The molecule has 0 aromatic heterocycles. The number of aliphatic hydroxyl groups is 2. The van der Waals surface area contributed by atoms with E-state index in [0.29, 0.717) is 13.2 Å². The summed E-state index contributed by atoms with van der Waals surface area (Å²) >= 11 is 6.83. The first-order chi connectivity index (χ1) is 10.6. The van der Waals surface area contributed by atoms with Crippen molar-refractivity contribution < 1.29 is 39.5 Å². The van der Waals surface area contributed by atoms with Crippen molar-refractivity contribution in [1.82, 2.24) is 0 Å². The van der Waals surface area contributed by atoms with E-state index in [1.807, 2.05) is 6.92 Å². The van der Waals surface area contributed by atoms with Gasteiger partial charge in [0.05, 0.1) is 49.6 Å². The molecule has 0 spiro atoms. The molecule has 10 heteroatoms. The van der Waals surface area contributed by atoms with E-state index in [2.05, 4.69) is 25.3 Å². The van der Waals surface area contributed by atoms with E-state index in [4.69, 9.17) is 29.9 Å². The quantitative estimate of drug-likeness (QED) is 0.314. The summed E-state index contributed by atoms with van der Waals surface area (Å²) in [5.74, 6) is -1.93. The van der Waals surface area contributed by atoms with Crippen molar-refractivity contribution in [2.45, 2.75) is 39.1 Å². The van der Waals surface area contributed by atoms with Crippen LogP contribution in [0.1, 0.15) is 20.8 Å². The number of carboxylic acid groups (broad SMARTS) is 2. The first-order valence-electron chi connectivity index (χ1n) is 6.78. The second-order valence-electron chi connectivity index (χ2n) is 4.42. The van der Waals surface area contributed by atoms with Gasteiger partial charge in [0.1, 0.15) is 0 Å².